The van der Waals surface area contributed by atoms with E-state index in [-0.39, 0.29) is 5.91 Å². The molecule has 0 fully saturated rings. The van der Waals surface area contributed by atoms with Crippen LogP contribution < -0.4 is 0 Å². The molecule has 0 atom stereocenters. The maximum atomic E-state index is 12.8. The third kappa shape index (κ3) is 2.00. The third-order valence-electron chi connectivity index (χ3n) is 4.07. The van der Waals surface area contributed by atoms with Gasteiger partial charge in [-0.3, -0.25) is 9.20 Å². The van der Waals surface area contributed by atoms with E-state index in [1.54, 1.807) is 6.20 Å². The van der Waals surface area contributed by atoms with Crippen molar-refractivity contribution in [1.82, 2.24) is 14.3 Å². The van der Waals surface area contributed by atoms with Gasteiger partial charge in [0.1, 0.15) is 11.3 Å². The summed E-state index contributed by atoms with van der Waals surface area (Å²) >= 11 is 0. The van der Waals surface area contributed by atoms with E-state index < -0.39 is 0 Å². The molecule has 1 aliphatic rings. The number of pyridine rings is 1. The lowest BCUT2D eigenvalue weighted by atomic mass is 10.00. The van der Waals surface area contributed by atoms with Gasteiger partial charge in [0.15, 0.2) is 0 Å². The van der Waals surface area contributed by atoms with Crippen LogP contribution in [0.4, 0.5) is 0 Å². The Morgan fingerprint density at radius 1 is 1.05 bits per heavy atom. The molecule has 21 heavy (non-hydrogen) atoms. The molecule has 0 bridgehead atoms. The molecule has 2 aromatic heterocycles. The van der Waals surface area contributed by atoms with Crippen LogP contribution in [0.2, 0.25) is 0 Å². The number of imidazole rings is 1. The number of aromatic nitrogens is 2. The number of carbonyl (C=O) groups excluding carboxylic acids is 1. The Morgan fingerprint density at radius 2 is 1.90 bits per heavy atom. The Kier molecular flexibility index (Phi) is 2.74. The molecule has 0 radical (unpaired) electrons. The van der Waals surface area contributed by atoms with Crippen molar-refractivity contribution in [3.63, 3.8) is 0 Å². The molecule has 1 aliphatic heterocycles. The van der Waals surface area contributed by atoms with E-state index in [0.29, 0.717) is 12.2 Å². The Labute approximate surface area is 122 Å². The van der Waals surface area contributed by atoms with Gasteiger partial charge in [-0.05, 0) is 29.7 Å². The molecule has 4 rings (SSSR count). The maximum Gasteiger partial charge on any atom is 0.271 e. The van der Waals surface area contributed by atoms with Crippen LogP contribution >= 0.6 is 0 Å². The minimum Gasteiger partial charge on any atom is -0.333 e. The van der Waals surface area contributed by atoms with Gasteiger partial charge >= 0.3 is 0 Å². The average molecular weight is 277 g/mol. The number of benzene rings is 1. The second-order valence-electron chi connectivity index (χ2n) is 5.31. The second kappa shape index (κ2) is 4.74. The highest BCUT2D eigenvalue weighted by Gasteiger charge is 2.22. The summed E-state index contributed by atoms with van der Waals surface area (Å²) in [6.45, 7) is 1.45. The quantitative estimate of drug-likeness (QED) is 0.685. The van der Waals surface area contributed by atoms with Gasteiger partial charge in [-0.2, -0.15) is 0 Å². The van der Waals surface area contributed by atoms with Crippen molar-refractivity contribution in [3.8, 4) is 0 Å². The Balaban J connectivity index is 1.69. The summed E-state index contributed by atoms with van der Waals surface area (Å²) in [5.74, 6) is 0.0631. The summed E-state index contributed by atoms with van der Waals surface area (Å²) in [4.78, 5) is 18.9. The largest absolute Gasteiger partial charge is 0.333 e. The van der Waals surface area contributed by atoms with E-state index >= 15 is 0 Å². The van der Waals surface area contributed by atoms with Gasteiger partial charge in [-0.25, -0.2) is 4.98 Å². The van der Waals surface area contributed by atoms with Crippen molar-refractivity contribution in [3.05, 3.63) is 71.7 Å². The third-order valence-corrected chi connectivity index (χ3v) is 4.07. The van der Waals surface area contributed by atoms with E-state index in [0.717, 1.165) is 18.6 Å². The molecule has 3 heterocycles. The first-order chi connectivity index (χ1) is 10.3. The lowest BCUT2D eigenvalue weighted by Crippen LogP contribution is -2.36. The topological polar surface area (TPSA) is 37.6 Å². The smallest absolute Gasteiger partial charge is 0.271 e. The summed E-state index contributed by atoms with van der Waals surface area (Å²) in [6, 6.07) is 14.0. The monoisotopic (exact) mass is 277 g/mol. The van der Waals surface area contributed by atoms with Crippen LogP contribution in [0.5, 0.6) is 0 Å². The van der Waals surface area contributed by atoms with Gasteiger partial charge in [-0.1, -0.05) is 30.3 Å². The fourth-order valence-electron chi connectivity index (χ4n) is 2.95. The van der Waals surface area contributed by atoms with Crippen molar-refractivity contribution in [2.75, 3.05) is 6.54 Å². The normalized spacial score (nSPS) is 14.2. The first kappa shape index (κ1) is 12.1. The summed E-state index contributed by atoms with van der Waals surface area (Å²) in [7, 11) is 0. The zero-order valence-electron chi connectivity index (χ0n) is 11.6. The van der Waals surface area contributed by atoms with E-state index in [4.69, 9.17) is 0 Å². The summed E-state index contributed by atoms with van der Waals surface area (Å²) < 4.78 is 1.85. The zero-order valence-corrected chi connectivity index (χ0v) is 11.6. The minimum absolute atomic E-state index is 0.0631. The standard InChI is InChI=1S/C17H15N3O/c21-17(15-6-3-7-16-18-9-11-20(15)16)19-10-8-13-4-1-2-5-14(13)12-19/h1-7,9,11H,8,10,12H2. The van der Waals surface area contributed by atoms with Crippen LogP contribution in [0.15, 0.2) is 54.9 Å². The molecular formula is C17H15N3O. The van der Waals surface area contributed by atoms with Crippen molar-refractivity contribution in [2.45, 2.75) is 13.0 Å². The van der Waals surface area contributed by atoms with Gasteiger partial charge < -0.3 is 4.90 Å². The van der Waals surface area contributed by atoms with E-state index in [2.05, 4.69) is 23.2 Å². The van der Waals surface area contributed by atoms with Crippen LogP contribution in [-0.4, -0.2) is 26.7 Å². The highest BCUT2D eigenvalue weighted by Crippen LogP contribution is 2.20. The molecule has 0 saturated carbocycles. The van der Waals surface area contributed by atoms with Crippen LogP contribution in [-0.2, 0) is 13.0 Å². The lowest BCUT2D eigenvalue weighted by molar-refractivity contribution is 0.0727. The molecule has 104 valence electrons. The van der Waals surface area contributed by atoms with Gasteiger partial charge in [-0.15, -0.1) is 0 Å². The summed E-state index contributed by atoms with van der Waals surface area (Å²) in [5, 5.41) is 0. The number of fused-ring (bicyclic) bond motifs is 2. The van der Waals surface area contributed by atoms with Crippen LogP contribution in [0.25, 0.3) is 5.65 Å². The van der Waals surface area contributed by atoms with Crippen LogP contribution in [0, 0.1) is 0 Å². The van der Waals surface area contributed by atoms with Crippen molar-refractivity contribution in [1.29, 1.82) is 0 Å². The van der Waals surface area contributed by atoms with Crippen molar-refractivity contribution in [2.24, 2.45) is 0 Å². The number of amides is 1. The van der Waals surface area contributed by atoms with Gasteiger partial charge in [0.05, 0.1) is 0 Å². The molecule has 0 spiro atoms. The van der Waals surface area contributed by atoms with E-state index in [1.807, 2.05) is 39.8 Å². The lowest BCUT2D eigenvalue weighted by Gasteiger charge is -2.29. The average Bonchev–Trinajstić information content (AvgIpc) is 3.02. The van der Waals surface area contributed by atoms with Crippen molar-refractivity contribution < 1.29 is 4.79 Å². The fourth-order valence-corrected chi connectivity index (χ4v) is 2.95. The molecule has 4 nitrogen and oxygen atoms in total. The van der Waals surface area contributed by atoms with Gasteiger partial charge in [0.2, 0.25) is 0 Å². The first-order valence-corrected chi connectivity index (χ1v) is 7.11. The molecule has 0 aliphatic carbocycles. The molecule has 4 heteroatoms. The number of hydrogen-bond acceptors (Lipinski definition) is 2. The van der Waals surface area contributed by atoms with E-state index in [9.17, 15) is 4.79 Å². The number of carbonyl (C=O) groups is 1. The molecule has 1 aromatic carbocycles. The van der Waals surface area contributed by atoms with Crippen LogP contribution in [0.1, 0.15) is 21.6 Å². The maximum absolute atomic E-state index is 12.8. The summed E-state index contributed by atoms with van der Waals surface area (Å²) in [6.07, 6.45) is 4.47. The highest BCUT2D eigenvalue weighted by atomic mass is 16.2. The summed E-state index contributed by atoms with van der Waals surface area (Å²) in [5.41, 5.74) is 4.07. The second-order valence-corrected chi connectivity index (χ2v) is 5.31. The van der Waals surface area contributed by atoms with Crippen LogP contribution in [0.3, 0.4) is 0 Å². The molecule has 0 N–H and O–H groups in total. The Morgan fingerprint density at radius 3 is 2.81 bits per heavy atom. The minimum atomic E-state index is 0.0631. The van der Waals surface area contributed by atoms with Gasteiger partial charge in [0, 0.05) is 25.5 Å². The molecule has 0 saturated heterocycles. The number of rotatable bonds is 1. The molecule has 3 aromatic rings. The van der Waals surface area contributed by atoms with Crippen molar-refractivity contribution >= 4 is 11.6 Å². The number of nitrogens with zero attached hydrogens (tertiary/aromatic N) is 3. The SMILES string of the molecule is O=C(c1cccc2nccn12)N1CCc2ccccc2C1. The zero-order chi connectivity index (χ0) is 14.2. The molecule has 0 unspecified atom stereocenters. The first-order valence-electron chi connectivity index (χ1n) is 7.11. The molecular weight excluding hydrogens is 262 g/mol. The van der Waals surface area contributed by atoms with Gasteiger partial charge in [0.25, 0.3) is 5.91 Å². The Bertz CT molecular complexity index is 822. The van der Waals surface area contributed by atoms with E-state index in [1.165, 1.54) is 11.1 Å². The predicted octanol–water partition coefficient (Wildman–Crippen LogP) is 2.53. The highest BCUT2D eigenvalue weighted by molar-refractivity contribution is 5.93. The number of hydrogen-bond donors (Lipinski definition) is 0. The molecule has 1 amide bonds. The predicted molar refractivity (Wildman–Crippen MR) is 80.1 cm³/mol. The Hall–Kier alpha value is -2.62. The fraction of sp³-hybridized carbons (Fsp3) is 0.176.